The lowest BCUT2D eigenvalue weighted by Gasteiger charge is -2.32. The Hall–Kier alpha value is -4.56. The maximum Gasteiger partial charge on any atom is 0.259 e. The molecule has 0 radical (unpaired) electrons. The number of rotatable bonds is 18. The number of amides is 4. The van der Waals surface area contributed by atoms with Crippen molar-refractivity contribution in [2.24, 2.45) is 5.73 Å². The molecule has 1 fully saturated rings. The summed E-state index contributed by atoms with van der Waals surface area (Å²) < 4.78 is 17.9. The zero-order chi connectivity index (χ0) is 38.3. The number of likely N-dealkylation sites (N-methyl/N-ethyl adjacent to an activating group) is 2. The molecule has 15 heteroatoms. The summed E-state index contributed by atoms with van der Waals surface area (Å²) in [5.41, 5.74) is 8.03. The highest BCUT2D eigenvalue weighted by Crippen LogP contribution is 2.33. The monoisotopic (exact) mass is 802 g/mol. The third-order valence-corrected chi connectivity index (χ3v) is 8.99. The van der Waals surface area contributed by atoms with Crippen LogP contribution in [0.15, 0.2) is 60.7 Å². The van der Waals surface area contributed by atoms with Crippen LogP contribution in [0.2, 0.25) is 0 Å². The van der Waals surface area contributed by atoms with Crippen molar-refractivity contribution in [3.63, 3.8) is 0 Å². The van der Waals surface area contributed by atoms with E-state index in [0.717, 1.165) is 51.0 Å². The maximum absolute atomic E-state index is 13.9. The van der Waals surface area contributed by atoms with Crippen LogP contribution in [0.3, 0.4) is 0 Å². The number of anilines is 2. The largest absolute Gasteiger partial charge is 0.493 e. The number of hydrogen-bond acceptors (Lipinski definition) is 9. The van der Waals surface area contributed by atoms with Gasteiger partial charge in [-0.3, -0.25) is 19.2 Å². The molecule has 3 aromatic carbocycles. The lowest BCUT2D eigenvalue weighted by atomic mass is 10.1. The van der Waals surface area contributed by atoms with Crippen molar-refractivity contribution in [2.75, 3.05) is 91.0 Å². The second kappa shape index (κ2) is 23.4. The van der Waals surface area contributed by atoms with Gasteiger partial charge in [0.15, 0.2) is 6.61 Å². The summed E-state index contributed by atoms with van der Waals surface area (Å²) in [5, 5.41) is 2.85. The molecular formula is C40H56Cl2N6O7. The molecule has 0 unspecified atom stereocenters. The van der Waals surface area contributed by atoms with Crippen LogP contribution >= 0.6 is 24.8 Å². The van der Waals surface area contributed by atoms with Gasteiger partial charge >= 0.3 is 0 Å². The number of nitrogens with two attached hydrogens (primary N) is 1. The zero-order valence-corrected chi connectivity index (χ0v) is 34.1. The fourth-order valence-electron chi connectivity index (χ4n) is 5.65. The maximum atomic E-state index is 13.9. The van der Waals surface area contributed by atoms with Crippen molar-refractivity contribution in [1.29, 1.82) is 0 Å². The van der Waals surface area contributed by atoms with E-state index in [4.69, 9.17) is 19.9 Å². The Labute approximate surface area is 337 Å². The van der Waals surface area contributed by atoms with Gasteiger partial charge in [-0.2, -0.15) is 0 Å². The van der Waals surface area contributed by atoms with Crippen LogP contribution in [-0.2, 0) is 9.59 Å². The van der Waals surface area contributed by atoms with Crippen LogP contribution in [0.1, 0.15) is 58.4 Å². The Morgan fingerprint density at radius 3 is 2.18 bits per heavy atom. The molecule has 3 aromatic rings. The van der Waals surface area contributed by atoms with E-state index in [2.05, 4.69) is 17.3 Å². The van der Waals surface area contributed by atoms with Crippen molar-refractivity contribution in [2.45, 2.75) is 39.0 Å². The molecule has 0 saturated carbocycles. The Bertz CT molecular complexity index is 1720. The number of nitrogens with zero attached hydrogens (tertiary/aromatic N) is 4. The molecule has 0 bridgehead atoms. The normalized spacial score (nSPS) is 12.4. The van der Waals surface area contributed by atoms with E-state index < -0.39 is 5.91 Å². The minimum Gasteiger partial charge on any atom is -0.493 e. The number of para-hydroxylation sites is 1. The summed E-state index contributed by atoms with van der Waals surface area (Å²) >= 11 is 0. The van der Waals surface area contributed by atoms with Gasteiger partial charge in [0.2, 0.25) is 5.91 Å². The number of ether oxygens (including phenoxy) is 3. The van der Waals surface area contributed by atoms with Crippen molar-refractivity contribution < 1.29 is 33.4 Å². The number of benzene rings is 3. The number of nitrogens with one attached hydrogen (secondary N) is 1. The standard InChI is InChI=1S/C40H54N6O7.2ClH/c1-29-15-18-33(36(26-29)52-24-10-6-7-14-37(47)46-22-20-44(4)21-23-46)45(5)40(50)30-16-17-32(35(27-30)53-28-38(48)43(2)3)42-39(49)31-12-8-9-13-34(31)51-25-11-19-41;;/h8-9,12-13,15-18,26-27H,6-7,10-11,14,19-25,28,41H2,1-5H3,(H,42,49);2*1H. The topological polar surface area (TPSA) is 147 Å². The molecule has 4 rings (SSSR count). The average molecular weight is 804 g/mol. The summed E-state index contributed by atoms with van der Waals surface area (Å²) in [6.07, 6.45) is 3.58. The highest BCUT2D eigenvalue weighted by molar-refractivity contribution is 6.09. The molecule has 4 amide bonds. The number of carbonyl (C=O) groups excluding carboxylic acids is 4. The predicted octanol–water partition coefficient (Wildman–Crippen LogP) is 5.28. The van der Waals surface area contributed by atoms with E-state index in [1.807, 2.05) is 30.0 Å². The second-order valence-corrected chi connectivity index (χ2v) is 13.4. The van der Waals surface area contributed by atoms with Crippen LogP contribution in [0.5, 0.6) is 17.2 Å². The molecule has 1 aliphatic rings. The van der Waals surface area contributed by atoms with Gasteiger partial charge in [0.05, 0.1) is 30.2 Å². The summed E-state index contributed by atoms with van der Waals surface area (Å²) in [6, 6.07) is 17.2. The van der Waals surface area contributed by atoms with Crippen molar-refractivity contribution >= 4 is 59.8 Å². The van der Waals surface area contributed by atoms with Crippen molar-refractivity contribution in [3.05, 3.63) is 77.4 Å². The number of halogens is 2. The Kier molecular flexibility index (Phi) is 19.8. The van der Waals surface area contributed by atoms with Gasteiger partial charge in [-0.05, 0) is 94.2 Å². The average Bonchev–Trinajstić information content (AvgIpc) is 3.15. The fourth-order valence-corrected chi connectivity index (χ4v) is 5.65. The van der Waals surface area contributed by atoms with Crippen molar-refractivity contribution in [1.82, 2.24) is 14.7 Å². The third kappa shape index (κ3) is 13.9. The molecule has 0 spiro atoms. The van der Waals surface area contributed by atoms with Crippen LogP contribution in [0.4, 0.5) is 11.4 Å². The summed E-state index contributed by atoms with van der Waals surface area (Å²) in [6.45, 7) is 6.30. The Morgan fingerprint density at radius 1 is 0.782 bits per heavy atom. The fraction of sp³-hybridized carbons (Fsp3) is 0.450. The first kappa shape index (κ1) is 46.6. The number of carbonyl (C=O) groups is 4. The number of piperazine rings is 1. The van der Waals surface area contributed by atoms with Crippen LogP contribution < -0.4 is 30.2 Å². The second-order valence-electron chi connectivity index (χ2n) is 13.4. The molecule has 0 aromatic heterocycles. The van der Waals surface area contributed by atoms with Gasteiger partial charge < -0.3 is 44.9 Å². The zero-order valence-electron chi connectivity index (χ0n) is 32.5. The molecule has 1 saturated heterocycles. The summed E-state index contributed by atoms with van der Waals surface area (Å²) in [7, 11) is 6.96. The molecule has 13 nitrogen and oxygen atoms in total. The Morgan fingerprint density at radius 2 is 1.47 bits per heavy atom. The summed E-state index contributed by atoms with van der Waals surface area (Å²) in [4.78, 5) is 59.5. The molecule has 302 valence electrons. The van der Waals surface area contributed by atoms with Gasteiger partial charge in [-0.15, -0.1) is 24.8 Å². The van der Waals surface area contributed by atoms with E-state index >= 15 is 0 Å². The summed E-state index contributed by atoms with van der Waals surface area (Å²) in [5.74, 6) is 0.252. The van der Waals surface area contributed by atoms with E-state index in [9.17, 15) is 19.2 Å². The van der Waals surface area contributed by atoms with Crippen LogP contribution in [0, 0.1) is 6.92 Å². The molecule has 3 N–H and O–H groups in total. The highest BCUT2D eigenvalue weighted by Gasteiger charge is 2.22. The highest BCUT2D eigenvalue weighted by atomic mass is 35.5. The number of unbranched alkanes of at least 4 members (excludes halogenated alkanes) is 2. The molecule has 1 heterocycles. The first-order valence-corrected chi connectivity index (χ1v) is 18.2. The van der Waals surface area contributed by atoms with E-state index in [1.165, 1.54) is 15.9 Å². The van der Waals surface area contributed by atoms with Gasteiger partial charge in [0, 0.05) is 59.3 Å². The van der Waals surface area contributed by atoms with E-state index in [0.29, 0.717) is 55.4 Å². The molecule has 0 aliphatic carbocycles. The first-order chi connectivity index (χ1) is 25.5. The van der Waals surface area contributed by atoms with Gasteiger partial charge in [-0.25, -0.2) is 0 Å². The SMILES string of the molecule is Cc1ccc(N(C)C(=O)c2ccc(NC(=O)c3ccccc3OCCCN)c(OCC(=O)N(C)C)c2)c(OCCCCCC(=O)N2CCN(C)CC2)c1.Cl.Cl. The van der Waals surface area contributed by atoms with Gasteiger partial charge in [0.25, 0.3) is 17.7 Å². The van der Waals surface area contributed by atoms with E-state index in [-0.39, 0.29) is 66.1 Å². The lowest BCUT2D eigenvalue weighted by Crippen LogP contribution is -2.47. The van der Waals surface area contributed by atoms with E-state index in [1.54, 1.807) is 57.5 Å². The predicted molar refractivity (Wildman–Crippen MR) is 221 cm³/mol. The van der Waals surface area contributed by atoms with Crippen LogP contribution in [-0.4, -0.2) is 119 Å². The lowest BCUT2D eigenvalue weighted by molar-refractivity contribution is -0.133. The number of hydrogen-bond donors (Lipinski definition) is 2. The minimum absolute atomic E-state index is 0. The molecule has 55 heavy (non-hydrogen) atoms. The van der Waals surface area contributed by atoms with Crippen molar-refractivity contribution in [3.8, 4) is 17.2 Å². The Balaban J connectivity index is 0.00000523. The van der Waals surface area contributed by atoms with Crippen LogP contribution in [0.25, 0.3) is 0 Å². The van der Waals surface area contributed by atoms with Gasteiger partial charge in [0.1, 0.15) is 17.2 Å². The molecular weight excluding hydrogens is 747 g/mol. The molecule has 1 aliphatic heterocycles. The third-order valence-electron chi connectivity index (χ3n) is 8.99. The quantitative estimate of drug-likeness (QED) is 0.164. The first-order valence-electron chi connectivity index (χ1n) is 18.2. The smallest absolute Gasteiger partial charge is 0.259 e. The van der Waals surface area contributed by atoms with Gasteiger partial charge in [-0.1, -0.05) is 18.2 Å². The minimum atomic E-state index is -0.448. The molecule has 0 atom stereocenters. The number of aryl methyl sites for hydroxylation is 1.